The van der Waals surface area contributed by atoms with Crippen molar-refractivity contribution in [3.05, 3.63) is 51.7 Å². The van der Waals surface area contributed by atoms with Crippen LogP contribution in [0.4, 0.5) is 0 Å². The summed E-state index contributed by atoms with van der Waals surface area (Å²) in [7, 11) is 0. The van der Waals surface area contributed by atoms with Crippen LogP contribution >= 0.6 is 27.3 Å². The first-order valence-electron chi connectivity index (χ1n) is 7.15. The molecule has 0 unspecified atom stereocenters. The number of nitrogens with zero attached hydrogens (tertiary/aromatic N) is 2. The standard InChI is InChI=1S/C16H16BrN3OS/c1-2-7-20-13(8-14-15(20)12(17)10-22-14)16(21)19-9-11-5-3-4-6-18-11/h3-6,8,10H,2,7,9H2,1H3,(H,19,21). The van der Waals surface area contributed by atoms with Crippen molar-refractivity contribution < 1.29 is 4.79 Å². The average molecular weight is 378 g/mol. The second-order valence-corrected chi connectivity index (χ2v) is 6.75. The molecule has 0 atom stereocenters. The molecule has 0 spiro atoms. The predicted octanol–water partition coefficient (Wildman–Crippen LogP) is 4.20. The molecule has 0 saturated carbocycles. The van der Waals surface area contributed by atoms with Gasteiger partial charge in [-0.25, -0.2) is 0 Å². The summed E-state index contributed by atoms with van der Waals surface area (Å²) in [5.74, 6) is -0.0607. The maximum Gasteiger partial charge on any atom is 0.268 e. The van der Waals surface area contributed by atoms with E-state index in [9.17, 15) is 4.79 Å². The number of nitrogens with one attached hydrogen (secondary N) is 1. The molecule has 6 heteroatoms. The van der Waals surface area contributed by atoms with E-state index in [4.69, 9.17) is 0 Å². The fourth-order valence-corrected chi connectivity index (χ4v) is 4.13. The van der Waals surface area contributed by atoms with Crippen LogP contribution in [0.1, 0.15) is 29.5 Å². The summed E-state index contributed by atoms with van der Waals surface area (Å²) >= 11 is 5.22. The lowest BCUT2D eigenvalue weighted by Crippen LogP contribution is -2.25. The summed E-state index contributed by atoms with van der Waals surface area (Å²) in [6.45, 7) is 3.37. The molecule has 1 N–H and O–H groups in total. The lowest BCUT2D eigenvalue weighted by molar-refractivity contribution is 0.0941. The SMILES string of the molecule is CCCn1c(C(=O)NCc2ccccn2)cc2scc(Br)c21. The minimum absolute atomic E-state index is 0.0607. The summed E-state index contributed by atoms with van der Waals surface area (Å²) < 4.78 is 4.26. The number of rotatable bonds is 5. The number of fused-ring (bicyclic) bond motifs is 1. The second kappa shape index (κ2) is 6.62. The molecule has 0 radical (unpaired) electrons. The minimum atomic E-state index is -0.0607. The van der Waals surface area contributed by atoms with Gasteiger partial charge in [0.1, 0.15) is 5.69 Å². The van der Waals surface area contributed by atoms with Crippen LogP contribution in [-0.2, 0) is 13.1 Å². The Morgan fingerprint density at radius 2 is 2.32 bits per heavy atom. The van der Waals surface area contributed by atoms with Crippen LogP contribution in [-0.4, -0.2) is 15.5 Å². The fourth-order valence-electron chi connectivity index (χ4n) is 2.44. The number of carbonyl (C=O) groups excluding carboxylic acids is 1. The van der Waals surface area contributed by atoms with Gasteiger partial charge in [0.15, 0.2) is 0 Å². The van der Waals surface area contributed by atoms with Crippen LogP contribution in [0.3, 0.4) is 0 Å². The molecule has 0 aliphatic rings. The number of aromatic nitrogens is 2. The van der Waals surface area contributed by atoms with Crippen LogP contribution < -0.4 is 5.32 Å². The minimum Gasteiger partial charge on any atom is -0.345 e. The van der Waals surface area contributed by atoms with E-state index in [0.717, 1.165) is 33.3 Å². The quantitative estimate of drug-likeness (QED) is 0.723. The highest BCUT2D eigenvalue weighted by Gasteiger charge is 2.18. The highest BCUT2D eigenvalue weighted by atomic mass is 79.9. The zero-order chi connectivity index (χ0) is 15.5. The molecule has 0 aliphatic heterocycles. The Kier molecular flexibility index (Phi) is 4.59. The molecule has 1 amide bonds. The van der Waals surface area contributed by atoms with E-state index in [0.29, 0.717) is 12.2 Å². The zero-order valence-electron chi connectivity index (χ0n) is 12.2. The Labute approximate surface area is 141 Å². The monoisotopic (exact) mass is 377 g/mol. The van der Waals surface area contributed by atoms with Crippen LogP contribution in [0.5, 0.6) is 0 Å². The number of pyridine rings is 1. The number of halogens is 1. The smallest absolute Gasteiger partial charge is 0.268 e. The summed E-state index contributed by atoms with van der Waals surface area (Å²) in [5.41, 5.74) is 2.67. The first-order chi connectivity index (χ1) is 10.7. The van der Waals surface area contributed by atoms with Gasteiger partial charge >= 0.3 is 0 Å². The number of hydrogen-bond donors (Lipinski definition) is 1. The maximum atomic E-state index is 12.5. The normalized spacial score (nSPS) is 11.0. The van der Waals surface area contributed by atoms with Crippen molar-refractivity contribution >= 4 is 43.4 Å². The molecule has 4 nitrogen and oxygen atoms in total. The van der Waals surface area contributed by atoms with Crippen molar-refractivity contribution in [2.45, 2.75) is 26.4 Å². The molecule has 0 fully saturated rings. The van der Waals surface area contributed by atoms with Gasteiger partial charge in [-0.3, -0.25) is 9.78 Å². The van der Waals surface area contributed by atoms with E-state index in [2.05, 4.69) is 43.1 Å². The topological polar surface area (TPSA) is 46.9 Å². The molecule has 0 aliphatic carbocycles. The van der Waals surface area contributed by atoms with E-state index in [1.54, 1.807) is 17.5 Å². The van der Waals surface area contributed by atoms with Crippen molar-refractivity contribution in [1.82, 2.24) is 14.9 Å². The molecule has 3 aromatic heterocycles. The number of amides is 1. The average Bonchev–Trinajstić information content (AvgIpc) is 3.07. The molecule has 0 aromatic carbocycles. The van der Waals surface area contributed by atoms with Crippen molar-refractivity contribution in [2.24, 2.45) is 0 Å². The van der Waals surface area contributed by atoms with Crippen molar-refractivity contribution in [3.63, 3.8) is 0 Å². The fraction of sp³-hybridized carbons (Fsp3) is 0.250. The molecule has 0 saturated heterocycles. The van der Waals surface area contributed by atoms with E-state index >= 15 is 0 Å². The van der Waals surface area contributed by atoms with E-state index in [-0.39, 0.29) is 5.91 Å². The predicted molar refractivity (Wildman–Crippen MR) is 93.2 cm³/mol. The molecule has 0 bridgehead atoms. The Hall–Kier alpha value is -1.66. The summed E-state index contributed by atoms with van der Waals surface area (Å²) in [6.07, 6.45) is 2.71. The molecule has 3 rings (SSSR count). The van der Waals surface area contributed by atoms with E-state index in [1.807, 2.05) is 24.3 Å². The van der Waals surface area contributed by atoms with Gasteiger partial charge in [0.05, 0.1) is 26.9 Å². The number of thiophene rings is 1. The summed E-state index contributed by atoms with van der Waals surface area (Å²) in [6, 6.07) is 7.65. The number of hydrogen-bond acceptors (Lipinski definition) is 3. The molecular weight excluding hydrogens is 362 g/mol. The Balaban J connectivity index is 1.85. The third-order valence-electron chi connectivity index (χ3n) is 3.41. The summed E-state index contributed by atoms with van der Waals surface area (Å²) in [4.78, 5) is 16.7. The van der Waals surface area contributed by atoms with Crippen molar-refractivity contribution in [2.75, 3.05) is 0 Å². The second-order valence-electron chi connectivity index (χ2n) is 4.98. The van der Waals surface area contributed by atoms with Gasteiger partial charge in [-0.15, -0.1) is 11.3 Å². The van der Waals surface area contributed by atoms with Gasteiger partial charge in [-0.05, 0) is 40.5 Å². The van der Waals surface area contributed by atoms with Gasteiger partial charge in [-0.2, -0.15) is 0 Å². The molecule has 114 valence electrons. The highest BCUT2D eigenvalue weighted by Crippen LogP contribution is 2.33. The third kappa shape index (κ3) is 2.94. The lowest BCUT2D eigenvalue weighted by atomic mass is 10.3. The zero-order valence-corrected chi connectivity index (χ0v) is 14.6. The third-order valence-corrected chi connectivity index (χ3v) is 5.24. The van der Waals surface area contributed by atoms with Crippen LogP contribution in [0, 0.1) is 0 Å². The molecule has 3 heterocycles. The van der Waals surface area contributed by atoms with Gasteiger partial charge in [0, 0.05) is 18.1 Å². The molecule has 22 heavy (non-hydrogen) atoms. The lowest BCUT2D eigenvalue weighted by Gasteiger charge is -2.10. The Bertz CT molecular complexity index is 794. The van der Waals surface area contributed by atoms with E-state index < -0.39 is 0 Å². The van der Waals surface area contributed by atoms with Crippen LogP contribution in [0.2, 0.25) is 0 Å². The van der Waals surface area contributed by atoms with Crippen molar-refractivity contribution in [3.8, 4) is 0 Å². The van der Waals surface area contributed by atoms with Gasteiger partial charge in [-0.1, -0.05) is 13.0 Å². The first-order valence-corrected chi connectivity index (χ1v) is 8.82. The van der Waals surface area contributed by atoms with Gasteiger partial charge < -0.3 is 9.88 Å². The van der Waals surface area contributed by atoms with Crippen LogP contribution in [0.25, 0.3) is 10.2 Å². The van der Waals surface area contributed by atoms with Crippen LogP contribution in [0.15, 0.2) is 40.3 Å². The van der Waals surface area contributed by atoms with Gasteiger partial charge in [0.2, 0.25) is 0 Å². The van der Waals surface area contributed by atoms with Gasteiger partial charge in [0.25, 0.3) is 5.91 Å². The Morgan fingerprint density at radius 3 is 3.05 bits per heavy atom. The first kappa shape index (κ1) is 15.2. The Morgan fingerprint density at radius 1 is 1.45 bits per heavy atom. The number of aryl methyl sites for hydroxylation is 1. The largest absolute Gasteiger partial charge is 0.345 e. The number of carbonyl (C=O) groups is 1. The highest BCUT2D eigenvalue weighted by molar-refractivity contribution is 9.10. The van der Waals surface area contributed by atoms with Crippen molar-refractivity contribution in [1.29, 1.82) is 0 Å². The maximum absolute atomic E-state index is 12.5. The summed E-state index contributed by atoms with van der Waals surface area (Å²) in [5, 5.41) is 5.01. The molecule has 3 aromatic rings. The molecular formula is C16H16BrN3OS. The van der Waals surface area contributed by atoms with E-state index in [1.165, 1.54) is 0 Å².